The van der Waals surface area contributed by atoms with E-state index in [1.54, 1.807) is 47.8 Å². The van der Waals surface area contributed by atoms with E-state index in [0.717, 1.165) is 5.56 Å². The molecule has 1 unspecified atom stereocenters. The van der Waals surface area contributed by atoms with Crippen LogP contribution in [0.2, 0.25) is 0 Å². The Kier molecular flexibility index (Phi) is 4.59. The molecule has 8 nitrogen and oxygen atoms in total. The summed E-state index contributed by atoms with van der Waals surface area (Å²) in [5, 5.41) is 12.8. The molecule has 0 aliphatic heterocycles. The minimum atomic E-state index is -0.707. The number of ether oxygens (including phenoxy) is 2. The Morgan fingerprint density at radius 3 is 2.39 bits per heavy atom. The van der Waals surface area contributed by atoms with E-state index in [1.165, 1.54) is 0 Å². The molecule has 2 N–H and O–H groups in total. The summed E-state index contributed by atoms with van der Waals surface area (Å²) in [6.07, 6.45) is -0.707. The largest absolute Gasteiger partial charge is 0.481 e. The van der Waals surface area contributed by atoms with Crippen LogP contribution in [-0.2, 0) is 4.79 Å². The highest BCUT2D eigenvalue weighted by molar-refractivity contribution is 5.78. The van der Waals surface area contributed by atoms with Gasteiger partial charge in [-0.15, -0.1) is 15.3 Å². The Bertz CT molecular complexity index is 1110. The van der Waals surface area contributed by atoms with Gasteiger partial charge in [-0.05, 0) is 37.3 Å². The van der Waals surface area contributed by atoms with Gasteiger partial charge in [0.15, 0.2) is 17.6 Å². The summed E-state index contributed by atoms with van der Waals surface area (Å²) in [7, 11) is 0. The number of carbonyl (C=O) groups excluding carboxylic acids is 1. The smallest absolute Gasteiger partial charge is 0.258 e. The Hall–Kier alpha value is -3.94. The van der Waals surface area contributed by atoms with Gasteiger partial charge in [0, 0.05) is 11.6 Å². The zero-order chi connectivity index (χ0) is 19.5. The van der Waals surface area contributed by atoms with Gasteiger partial charge in [-0.25, -0.2) is 0 Å². The molecule has 0 bridgehead atoms. The Morgan fingerprint density at radius 2 is 1.68 bits per heavy atom. The van der Waals surface area contributed by atoms with E-state index >= 15 is 0 Å². The fourth-order valence-corrected chi connectivity index (χ4v) is 2.56. The second-order valence-corrected chi connectivity index (χ2v) is 6.07. The highest BCUT2D eigenvalue weighted by Gasteiger charge is 2.12. The maximum Gasteiger partial charge on any atom is 0.258 e. The summed E-state index contributed by atoms with van der Waals surface area (Å²) >= 11 is 0. The predicted octanol–water partition coefficient (Wildman–Crippen LogP) is 2.84. The van der Waals surface area contributed by atoms with Crippen molar-refractivity contribution in [3.63, 3.8) is 0 Å². The van der Waals surface area contributed by atoms with Gasteiger partial charge in [0.2, 0.25) is 5.88 Å². The van der Waals surface area contributed by atoms with Crippen molar-refractivity contribution in [3.8, 4) is 28.8 Å². The number of carbonyl (C=O) groups is 1. The summed E-state index contributed by atoms with van der Waals surface area (Å²) in [6, 6.07) is 20.0. The molecule has 0 saturated carbocycles. The summed E-state index contributed by atoms with van der Waals surface area (Å²) in [5.41, 5.74) is 6.73. The molecule has 28 heavy (non-hydrogen) atoms. The van der Waals surface area contributed by atoms with E-state index in [0.29, 0.717) is 28.9 Å². The number of nitrogens with two attached hydrogens (primary N) is 1. The number of aromatic nitrogens is 4. The van der Waals surface area contributed by atoms with Crippen LogP contribution in [0.1, 0.15) is 6.92 Å². The average Bonchev–Trinajstić information content (AvgIpc) is 3.13. The topological polar surface area (TPSA) is 105 Å². The summed E-state index contributed by atoms with van der Waals surface area (Å²) < 4.78 is 12.9. The maximum absolute atomic E-state index is 11.1. The van der Waals surface area contributed by atoms with Gasteiger partial charge in [0.05, 0.1) is 0 Å². The zero-order valence-electron chi connectivity index (χ0n) is 15.0. The summed E-state index contributed by atoms with van der Waals surface area (Å²) in [5.74, 6) is 1.59. The highest BCUT2D eigenvalue weighted by Crippen LogP contribution is 2.24. The van der Waals surface area contributed by atoms with Crippen molar-refractivity contribution in [2.24, 2.45) is 5.73 Å². The van der Waals surface area contributed by atoms with Gasteiger partial charge in [-0.3, -0.25) is 4.79 Å². The highest BCUT2D eigenvalue weighted by atomic mass is 16.5. The maximum atomic E-state index is 11.1. The second kappa shape index (κ2) is 7.36. The van der Waals surface area contributed by atoms with Gasteiger partial charge in [-0.2, -0.15) is 4.52 Å². The summed E-state index contributed by atoms with van der Waals surface area (Å²) in [4.78, 5) is 11.1. The fraction of sp³-hybridized carbons (Fsp3) is 0.100. The van der Waals surface area contributed by atoms with Crippen LogP contribution in [0.25, 0.3) is 17.0 Å². The van der Waals surface area contributed by atoms with E-state index in [1.807, 2.05) is 30.3 Å². The standard InChI is InChI=1S/C20H17N5O3/c1-13(19(21)26)27-15-7-9-16(10-8-15)28-18-12-11-17-22-23-20(25(17)24-18)14-5-3-2-4-6-14/h2-13H,1H3,(H2,21,26). The number of primary amides is 1. The third kappa shape index (κ3) is 3.61. The van der Waals surface area contributed by atoms with E-state index in [2.05, 4.69) is 15.3 Å². The molecule has 2 heterocycles. The number of benzene rings is 2. The molecule has 0 spiro atoms. The van der Waals surface area contributed by atoms with Gasteiger partial charge < -0.3 is 15.2 Å². The molecule has 0 aliphatic rings. The molecule has 1 amide bonds. The molecule has 8 heteroatoms. The van der Waals surface area contributed by atoms with Crippen LogP contribution in [0.4, 0.5) is 0 Å². The van der Waals surface area contributed by atoms with Crippen LogP contribution < -0.4 is 15.2 Å². The lowest BCUT2D eigenvalue weighted by molar-refractivity contribution is -0.123. The first-order valence-electron chi connectivity index (χ1n) is 8.62. The van der Waals surface area contributed by atoms with Crippen LogP contribution in [-0.4, -0.2) is 31.8 Å². The van der Waals surface area contributed by atoms with E-state index < -0.39 is 12.0 Å². The summed E-state index contributed by atoms with van der Waals surface area (Å²) in [6.45, 7) is 1.59. The quantitative estimate of drug-likeness (QED) is 0.556. The zero-order valence-corrected chi connectivity index (χ0v) is 15.0. The van der Waals surface area contributed by atoms with Gasteiger partial charge in [0.25, 0.3) is 5.91 Å². The molecule has 0 aliphatic carbocycles. The van der Waals surface area contributed by atoms with Gasteiger partial charge >= 0.3 is 0 Å². The van der Waals surface area contributed by atoms with Crippen molar-refractivity contribution in [1.29, 1.82) is 0 Å². The molecule has 4 aromatic rings. The third-order valence-corrected chi connectivity index (χ3v) is 4.03. The van der Waals surface area contributed by atoms with Crippen molar-refractivity contribution in [3.05, 3.63) is 66.7 Å². The molecule has 0 saturated heterocycles. The van der Waals surface area contributed by atoms with Crippen molar-refractivity contribution < 1.29 is 14.3 Å². The van der Waals surface area contributed by atoms with Crippen molar-refractivity contribution in [1.82, 2.24) is 19.8 Å². The molecule has 1 atom stereocenters. The van der Waals surface area contributed by atoms with Crippen LogP contribution in [0.3, 0.4) is 0 Å². The molecule has 2 aromatic carbocycles. The van der Waals surface area contributed by atoms with Crippen LogP contribution in [0, 0.1) is 0 Å². The lowest BCUT2D eigenvalue weighted by atomic mass is 10.2. The predicted molar refractivity (Wildman–Crippen MR) is 102 cm³/mol. The van der Waals surface area contributed by atoms with E-state index in [-0.39, 0.29) is 0 Å². The number of fused-ring (bicyclic) bond motifs is 1. The van der Waals surface area contributed by atoms with Gasteiger partial charge in [0.1, 0.15) is 11.5 Å². The Morgan fingerprint density at radius 1 is 0.964 bits per heavy atom. The molecule has 4 rings (SSSR count). The SMILES string of the molecule is CC(Oc1ccc(Oc2ccc3nnc(-c4ccccc4)n3n2)cc1)C(N)=O. The monoisotopic (exact) mass is 375 g/mol. The van der Waals surface area contributed by atoms with Crippen molar-refractivity contribution in [2.45, 2.75) is 13.0 Å². The third-order valence-electron chi connectivity index (χ3n) is 4.03. The lowest BCUT2D eigenvalue weighted by Crippen LogP contribution is -2.30. The average molecular weight is 375 g/mol. The normalized spacial score (nSPS) is 11.9. The van der Waals surface area contributed by atoms with Gasteiger partial charge in [-0.1, -0.05) is 30.3 Å². The molecular weight excluding hydrogens is 358 g/mol. The molecule has 140 valence electrons. The first-order chi connectivity index (χ1) is 13.6. The Balaban J connectivity index is 1.56. The fourth-order valence-electron chi connectivity index (χ4n) is 2.56. The number of hydrogen-bond donors (Lipinski definition) is 1. The molecule has 2 aromatic heterocycles. The minimum absolute atomic E-state index is 0.392. The number of hydrogen-bond acceptors (Lipinski definition) is 6. The molecule has 0 radical (unpaired) electrons. The number of rotatable bonds is 6. The molecular formula is C20H17N5O3. The van der Waals surface area contributed by atoms with E-state index in [4.69, 9.17) is 15.2 Å². The van der Waals surface area contributed by atoms with Crippen LogP contribution in [0.15, 0.2) is 66.7 Å². The lowest BCUT2D eigenvalue weighted by Gasteiger charge is -2.11. The first-order valence-corrected chi connectivity index (χ1v) is 8.62. The van der Waals surface area contributed by atoms with Crippen molar-refractivity contribution in [2.75, 3.05) is 0 Å². The van der Waals surface area contributed by atoms with Crippen LogP contribution >= 0.6 is 0 Å². The minimum Gasteiger partial charge on any atom is -0.481 e. The second-order valence-electron chi connectivity index (χ2n) is 6.07. The first kappa shape index (κ1) is 17.5. The number of nitrogens with zero attached hydrogens (tertiary/aromatic N) is 4. The Labute approximate surface area is 160 Å². The van der Waals surface area contributed by atoms with E-state index in [9.17, 15) is 4.79 Å². The molecule has 0 fully saturated rings. The van der Waals surface area contributed by atoms with Crippen molar-refractivity contribution >= 4 is 11.6 Å². The van der Waals surface area contributed by atoms with Crippen LogP contribution in [0.5, 0.6) is 17.4 Å². The number of amides is 1.